The van der Waals surface area contributed by atoms with Crippen LogP contribution in [0.4, 0.5) is 0 Å². The van der Waals surface area contributed by atoms with Gasteiger partial charge in [-0.15, -0.1) is 0 Å². The zero-order valence-corrected chi connectivity index (χ0v) is 14.1. The number of nitrogens with one attached hydrogen (secondary N) is 1. The Labute approximate surface area is 129 Å². The third-order valence-electron chi connectivity index (χ3n) is 4.34. The van der Waals surface area contributed by atoms with E-state index in [-0.39, 0.29) is 0 Å². The summed E-state index contributed by atoms with van der Waals surface area (Å²) < 4.78 is 5.41. The van der Waals surface area contributed by atoms with Gasteiger partial charge in [0.2, 0.25) is 0 Å². The molecule has 1 N–H and O–H groups in total. The summed E-state index contributed by atoms with van der Waals surface area (Å²) in [6.07, 6.45) is 2.29. The van der Waals surface area contributed by atoms with E-state index < -0.39 is 0 Å². The van der Waals surface area contributed by atoms with Crippen molar-refractivity contribution < 1.29 is 4.74 Å². The molecule has 118 valence electrons. The topological polar surface area (TPSA) is 24.5 Å². The smallest absolute Gasteiger partial charge is 0.119 e. The minimum atomic E-state index is 0.416. The van der Waals surface area contributed by atoms with Crippen LogP contribution in [0.3, 0.4) is 0 Å². The quantitative estimate of drug-likeness (QED) is 0.834. The van der Waals surface area contributed by atoms with Gasteiger partial charge in [-0.3, -0.25) is 0 Å². The lowest BCUT2D eigenvalue weighted by Gasteiger charge is -2.32. The van der Waals surface area contributed by atoms with Crippen LogP contribution in [0.1, 0.15) is 44.4 Å². The van der Waals surface area contributed by atoms with Gasteiger partial charge in [-0.1, -0.05) is 26.8 Å². The van der Waals surface area contributed by atoms with Gasteiger partial charge in [0.1, 0.15) is 5.75 Å². The Hall–Kier alpha value is -1.06. The number of hydrogen-bond donors (Lipinski definition) is 1. The highest BCUT2D eigenvalue weighted by Crippen LogP contribution is 2.36. The van der Waals surface area contributed by atoms with E-state index in [4.69, 9.17) is 4.74 Å². The van der Waals surface area contributed by atoms with Gasteiger partial charge < -0.3 is 15.0 Å². The molecule has 1 aliphatic rings. The summed E-state index contributed by atoms with van der Waals surface area (Å²) in [5.41, 5.74) is 2.88. The van der Waals surface area contributed by atoms with Crippen molar-refractivity contribution in [1.29, 1.82) is 0 Å². The van der Waals surface area contributed by atoms with Gasteiger partial charge >= 0.3 is 0 Å². The number of likely N-dealkylation sites (N-methyl/N-ethyl adjacent to an activating group) is 1. The maximum absolute atomic E-state index is 5.41. The molecule has 21 heavy (non-hydrogen) atoms. The zero-order valence-electron chi connectivity index (χ0n) is 14.1. The van der Waals surface area contributed by atoms with Crippen molar-refractivity contribution in [3.8, 4) is 5.75 Å². The first-order valence-corrected chi connectivity index (χ1v) is 8.17. The molecule has 3 heteroatoms. The Morgan fingerprint density at radius 3 is 2.76 bits per heavy atom. The highest BCUT2D eigenvalue weighted by molar-refractivity contribution is 5.42. The lowest BCUT2D eigenvalue weighted by atomic mass is 10.0. The Bertz CT molecular complexity index is 459. The molecule has 0 saturated heterocycles. The van der Waals surface area contributed by atoms with Crippen LogP contribution >= 0.6 is 0 Å². The van der Waals surface area contributed by atoms with Gasteiger partial charge in [0, 0.05) is 18.6 Å². The molecule has 0 spiro atoms. The Balaban J connectivity index is 2.23. The van der Waals surface area contributed by atoms with Crippen molar-refractivity contribution in [3.05, 3.63) is 29.3 Å². The summed E-state index contributed by atoms with van der Waals surface area (Å²) in [5.74, 6) is 1.66. The van der Waals surface area contributed by atoms with Crippen LogP contribution in [-0.2, 0) is 6.42 Å². The van der Waals surface area contributed by atoms with Crippen LogP contribution in [0.5, 0.6) is 5.75 Å². The predicted molar refractivity (Wildman–Crippen MR) is 89.0 cm³/mol. The van der Waals surface area contributed by atoms with E-state index in [1.165, 1.54) is 11.1 Å². The highest BCUT2D eigenvalue weighted by Gasteiger charge is 2.34. The number of hydrogen-bond acceptors (Lipinski definition) is 3. The molecule has 0 aromatic heterocycles. The molecule has 2 unspecified atom stereocenters. The molecule has 1 aromatic rings. The van der Waals surface area contributed by atoms with Gasteiger partial charge in [-0.2, -0.15) is 0 Å². The molecule has 2 rings (SSSR count). The normalized spacial score (nSPS) is 21.1. The molecular weight excluding hydrogens is 260 g/mol. The molecule has 2 atom stereocenters. The molecule has 0 heterocycles. The van der Waals surface area contributed by atoms with Gasteiger partial charge in [0.15, 0.2) is 0 Å². The average Bonchev–Trinajstić information content (AvgIpc) is 2.82. The minimum absolute atomic E-state index is 0.416. The van der Waals surface area contributed by atoms with Crippen LogP contribution < -0.4 is 10.1 Å². The SMILES string of the molecule is CCCNC1c2cc(OC)ccc2CC1N(C)CC(C)C. The second-order valence-electron chi connectivity index (χ2n) is 6.60. The standard InChI is InChI=1S/C18H30N2O/c1-6-9-19-18-16-11-15(21-5)8-7-14(16)10-17(18)20(4)12-13(2)3/h7-8,11,13,17-19H,6,9-10,12H2,1-5H3. The first kappa shape index (κ1) is 16.3. The third kappa shape index (κ3) is 3.78. The van der Waals surface area contributed by atoms with Gasteiger partial charge in [0.05, 0.1) is 7.11 Å². The van der Waals surface area contributed by atoms with Crippen LogP contribution in [-0.4, -0.2) is 38.2 Å². The zero-order chi connectivity index (χ0) is 15.4. The lowest BCUT2D eigenvalue weighted by Crippen LogP contribution is -2.42. The molecule has 3 nitrogen and oxygen atoms in total. The summed E-state index contributed by atoms with van der Waals surface area (Å²) in [7, 11) is 4.00. The molecule has 0 amide bonds. The maximum Gasteiger partial charge on any atom is 0.119 e. The minimum Gasteiger partial charge on any atom is -0.497 e. The molecular formula is C18H30N2O. The van der Waals surface area contributed by atoms with Crippen molar-refractivity contribution in [2.45, 2.75) is 45.7 Å². The summed E-state index contributed by atoms with van der Waals surface area (Å²) in [4.78, 5) is 2.52. The van der Waals surface area contributed by atoms with Gasteiger partial charge in [-0.25, -0.2) is 0 Å². The highest BCUT2D eigenvalue weighted by atomic mass is 16.5. The lowest BCUT2D eigenvalue weighted by molar-refractivity contribution is 0.185. The van der Waals surface area contributed by atoms with Crippen molar-refractivity contribution in [2.24, 2.45) is 5.92 Å². The number of methoxy groups -OCH3 is 1. The fraction of sp³-hybridized carbons (Fsp3) is 0.667. The summed E-state index contributed by atoms with van der Waals surface area (Å²) in [6.45, 7) is 9.00. The predicted octanol–water partition coefficient (Wildman–Crippen LogP) is 3.25. The van der Waals surface area contributed by atoms with Crippen molar-refractivity contribution >= 4 is 0 Å². The van der Waals surface area contributed by atoms with E-state index in [1.54, 1.807) is 7.11 Å². The van der Waals surface area contributed by atoms with E-state index in [0.29, 0.717) is 18.0 Å². The number of nitrogens with zero attached hydrogens (tertiary/aromatic N) is 1. The average molecular weight is 290 g/mol. The van der Waals surface area contributed by atoms with E-state index in [1.807, 2.05) is 0 Å². The maximum atomic E-state index is 5.41. The fourth-order valence-electron chi connectivity index (χ4n) is 3.39. The van der Waals surface area contributed by atoms with Crippen LogP contribution in [0.25, 0.3) is 0 Å². The van der Waals surface area contributed by atoms with Crippen LogP contribution in [0.2, 0.25) is 0 Å². The summed E-state index contributed by atoms with van der Waals surface area (Å²) in [6, 6.07) is 7.49. The second-order valence-corrected chi connectivity index (χ2v) is 6.60. The number of rotatable bonds is 7. The number of fused-ring (bicyclic) bond motifs is 1. The Kier molecular flexibility index (Phi) is 5.65. The number of ether oxygens (including phenoxy) is 1. The van der Waals surface area contributed by atoms with Crippen molar-refractivity contribution in [2.75, 3.05) is 27.2 Å². The van der Waals surface area contributed by atoms with E-state index in [2.05, 4.69) is 56.2 Å². The first-order chi connectivity index (χ1) is 10.1. The Morgan fingerprint density at radius 1 is 1.38 bits per heavy atom. The molecule has 0 saturated carbocycles. The molecule has 0 radical (unpaired) electrons. The number of benzene rings is 1. The van der Waals surface area contributed by atoms with Gasteiger partial charge in [0.25, 0.3) is 0 Å². The Morgan fingerprint density at radius 2 is 2.14 bits per heavy atom. The molecule has 1 aromatic carbocycles. The van der Waals surface area contributed by atoms with Crippen molar-refractivity contribution in [3.63, 3.8) is 0 Å². The summed E-state index contributed by atoms with van der Waals surface area (Å²) in [5, 5.41) is 3.75. The molecule has 0 fully saturated rings. The fourth-order valence-corrected chi connectivity index (χ4v) is 3.39. The van der Waals surface area contributed by atoms with Gasteiger partial charge in [-0.05, 0) is 55.6 Å². The molecule has 1 aliphatic carbocycles. The third-order valence-corrected chi connectivity index (χ3v) is 4.34. The van der Waals surface area contributed by atoms with Crippen LogP contribution in [0.15, 0.2) is 18.2 Å². The van der Waals surface area contributed by atoms with E-state index >= 15 is 0 Å². The van der Waals surface area contributed by atoms with Crippen LogP contribution in [0, 0.1) is 5.92 Å². The largest absolute Gasteiger partial charge is 0.497 e. The van der Waals surface area contributed by atoms with E-state index in [9.17, 15) is 0 Å². The monoisotopic (exact) mass is 290 g/mol. The first-order valence-electron chi connectivity index (χ1n) is 8.17. The summed E-state index contributed by atoms with van der Waals surface area (Å²) >= 11 is 0. The van der Waals surface area contributed by atoms with Crippen molar-refractivity contribution in [1.82, 2.24) is 10.2 Å². The molecule has 0 aliphatic heterocycles. The second kappa shape index (κ2) is 7.28. The van der Waals surface area contributed by atoms with E-state index in [0.717, 1.165) is 31.7 Å². The molecule has 0 bridgehead atoms.